The van der Waals surface area contributed by atoms with Gasteiger partial charge in [-0.15, -0.1) is 0 Å². The number of esters is 1. The van der Waals surface area contributed by atoms with E-state index in [1.54, 1.807) is 6.07 Å². The summed E-state index contributed by atoms with van der Waals surface area (Å²) < 4.78 is 5.30. The van der Waals surface area contributed by atoms with Crippen LogP contribution in [0.1, 0.15) is 52.2 Å². The van der Waals surface area contributed by atoms with Crippen LogP contribution in [0.15, 0.2) is 18.2 Å². The molecule has 0 bridgehead atoms. The molecule has 0 N–H and O–H groups in total. The molecule has 1 aromatic carbocycles. The highest BCUT2D eigenvalue weighted by molar-refractivity contribution is 5.82. The van der Waals surface area contributed by atoms with Gasteiger partial charge in [0.2, 0.25) is 0 Å². The number of ether oxygens (including phenoxy) is 1. The van der Waals surface area contributed by atoms with Crippen LogP contribution in [0, 0.1) is 12.8 Å². The van der Waals surface area contributed by atoms with Crippen molar-refractivity contribution in [3.63, 3.8) is 0 Å². The van der Waals surface area contributed by atoms with E-state index in [1.165, 1.54) is 6.92 Å². The Bertz CT molecular complexity index is 513. The van der Waals surface area contributed by atoms with Gasteiger partial charge in [-0.25, -0.2) is 0 Å². The van der Waals surface area contributed by atoms with Gasteiger partial charge in [0, 0.05) is 30.2 Å². The van der Waals surface area contributed by atoms with Crippen molar-refractivity contribution in [2.75, 3.05) is 0 Å². The van der Waals surface area contributed by atoms with Crippen LogP contribution in [0.2, 0.25) is 0 Å². The van der Waals surface area contributed by atoms with Crippen molar-refractivity contribution in [1.82, 2.24) is 0 Å². The SMILES string of the molecule is CC(=O)Oc1cccc(C)c1C(C)(C)CC(=O)C(C)C. The van der Waals surface area contributed by atoms with E-state index in [2.05, 4.69) is 0 Å². The molecule has 0 atom stereocenters. The van der Waals surface area contributed by atoms with Gasteiger partial charge in [0.1, 0.15) is 11.5 Å². The zero-order valence-electron chi connectivity index (χ0n) is 13.2. The van der Waals surface area contributed by atoms with Crippen LogP contribution in [-0.4, -0.2) is 11.8 Å². The Morgan fingerprint density at radius 3 is 2.35 bits per heavy atom. The molecule has 0 amide bonds. The molecular formula is C17H24O3. The zero-order valence-corrected chi connectivity index (χ0v) is 13.2. The molecule has 0 heterocycles. The second kappa shape index (κ2) is 6.21. The molecule has 0 unspecified atom stereocenters. The van der Waals surface area contributed by atoms with Gasteiger partial charge in [0.25, 0.3) is 0 Å². The number of hydrogen-bond donors (Lipinski definition) is 0. The summed E-state index contributed by atoms with van der Waals surface area (Å²) in [4.78, 5) is 23.3. The highest BCUT2D eigenvalue weighted by atomic mass is 16.5. The van der Waals surface area contributed by atoms with E-state index in [0.29, 0.717) is 12.2 Å². The first-order chi connectivity index (χ1) is 9.15. The van der Waals surface area contributed by atoms with E-state index in [9.17, 15) is 9.59 Å². The quantitative estimate of drug-likeness (QED) is 0.606. The molecule has 0 aliphatic carbocycles. The fourth-order valence-electron chi connectivity index (χ4n) is 2.48. The molecule has 3 nitrogen and oxygen atoms in total. The molecule has 0 spiro atoms. The second-order valence-corrected chi connectivity index (χ2v) is 6.22. The molecule has 1 rings (SSSR count). The van der Waals surface area contributed by atoms with E-state index >= 15 is 0 Å². The van der Waals surface area contributed by atoms with Gasteiger partial charge in [-0.3, -0.25) is 9.59 Å². The number of carbonyl (C=O) groups is 2. The minimum Gasteiger partial charge on any atom is -0.426 e. The molecule has 20 heavy (non-hydrogen) atoms. The van der Waals surface area contributed by atoms with Crippen molar-refractivity contribution in [3.8, 4) is 5.75 Å². The lowest BCUT2D eigenvalue weighted by Crippen LogP contribution is -2.26. The standard InChI is InChI=1S/C17H24O3/c1-11(2)14(19)10-17(5,6)16-12(3)8-7-9-15(16)20-13(4)18/h7-9,11H,10H2,1-6H3. The Labute approximate surface area is 121 Å². The third kappa shape index (κ3) is 3.92. The molecule has 1 aromatic rings. The first-order valence-electron chi connectivity index (χ1n) is 6.96. The molecule has 0 aliphatic heterocycles. The summed E-state index contributed by atoms with van der Waals surface area (Å²) in [7, 11) is 0. The van der Waals surface area contributed by atoms with Crippen LogP contribution < -0.4 is 4.74 Å². The van der Waals surface area contributed by atoms with Gasteiger partial charge in [-0.2, -0.15) is 0 Å². The summed E-state index contributed by atoms with van der Waals surface area (Å²) in [5.41, 5.74) is 1.60. The smallest absolute Gasteiger partial charge is 0.308 e. The summed E-state index contributed by atoms with van der Waals surface area (Å²) in [5.74, 6) is 0.435. The minimum absolute atomic E-state index is 0.00969. The third-order valence-electron chi connectivity index (χ3n) is 3.43. The number of Topliss-reactive ketones (excluding diaryl/α,β-unsaturated/α-hetero) is 1. The molecule has 0 aliphatic rings. The lowest BCUT2D eigenvalue weighted by Gasteiger charge is -2.29. The Morgan fingerprint density at radius 2 is 1.85 bits per heavy atom. The lowest BCUT2D eigenvalue weighted by atomic mass is 9.76. The third-order valence-corrected chi connectivity index (χ3v) is 3.43. The highest BCUT2D eigenvalue weighted by Gasteiger charge is 2.30. The lowest BCUT2D eigenvalue weighted by molar-refractivity contribution is -0.131. The molecular weight excluding hydrogens is 252 g/mol. The van der Waals surface area contributed by atoms with Crippen LogP contribution in [-0.2, 0) is 15.0 Å². The summed E-state index contributed by atoms with van der Waals surface area (Å²) in [5, 5.41) is 0. The zero-order chi connectivity index (χ0) is 15.5. The number of carbonyl (C=O) groups excluding carboxylic acids is 2. The molecule has 0 saturated carbocycles. The fraction of sp³-hybridized carbons (Fsp3) is 0.529. The van der Waals surface area contributed by atoms with Crippen molar-refractivity contribution in [1.29, 1.82) is 0 Å². The normalized spacial score (nSPS) is 11.6. The monoisotopic (exact) mass is 276 g/mol. The van der Waals surface area contributed by atoms with Crippen LogP contribution in [0.3, 0.4) is 0 Å². The van der Waals surface area contributed by atoms with Crippen molar-refractivity contribution >= 4 is 11.8 Å². The van der Waals surface area contributed by atoms with Gasteiger partial charge in [-0.1, -0.05) is 39.8 Å². The Morgan fingerprint density at radius 1 is 1.25 bits per heavy atom. The molecule has 3 heteroatoms. The van der Waals surface area contributed by atoms with Crippen LogP contribution in [0.25, 0.3) is 0 Å². The maximum atomic E-state index is 12.1. The van der Waals surface area contributed by atoms with Crippen molar-refractivity contribution in [3.05, 3.63) is 29.3 Å². The summed E-state index contributed by atoms with van der Waals surface area (Å²) in [6.07, 6.45) is 0.434. The summed E-state index contributed by atoms with van der Waals surface area (Å²) in [6.45, 7) is 11.2. The molecule has 0 saturated heterocycles. The first-order valence-corrected chi connectivity index (χ1v) is 6.96. The predicted molar refractivity (Wildman–Crippen MR) is 80.0 cm³/mol. The second-order valence-electron chi connectivity index (χ2n) is 6.22. The van der Waals surface area contributed by atoms with E-state index in [0.717, 1.165) is 11.1 Å². The van der Waals surface area contributed by atoms with E-state index in [4.69, 9.17) is 4.74 Å². The van der Waals surface area contributed by atoms with Gasteiger partial charge in [-0.05, 0) is 18.6 Å². The van der Waals surface area contributed by atoms with Crippen molar-refractivity contribution in [2.24, 2.45) is 5.92 Å². The number of benzene rings is 1. The minimum atomic E-state index is -0.364. The molecule has 0 fully saturated rings. The van der Waals surface area contributed by atoms with Crippen LogP contribution in [0.4, 0.5) is 0 Å². The summed E-state index contributed by atoms with van der Waals surface area (Å²) in [6, 6.07) is 5.62. The van der Waals surface area contributed by atoms with E-state index in [-0.39, 0.29) is 23.1 Å². The number of rotatable bonds is 5. The maximum absolute atomic E-state index is 12.1. The summed E-state index contributed by atoms with van der Waals surface area (Å²) >= 11 is 0. The topological polar surface area (TPSA) is 43.4 Å². The molecule has 110 valence electrons. The Kier molecular flexibility index (Phi) is 5.09. The average Bonchev–Trinajstić information content (AvgIpc) is 2.26. The van der Waals surface area contributed by atoms with Crippen LogP contribution in [0.5, 0.6) is 5.75 Å². The van der Waals surface area contributed by atoms with Gasteiger partial charge in [0.15, 0.2) is 0 Å². The Hall–Kier alpha value is -1.64. The van der Waals surface area contributed by atoms with Gasteiger partial charge >= 0.3 is 5.97 Å². The van der Waals surface area contributed by atoms with Crippen molar-refractivity contribution < 1.29 is 14.3 Å². The van der Waals surface area contributed by atoms with E-state index in [1.807, 2.05) is 46.8 Å². The highest BCUT2D eigenvalue weighted by Crippen LogP contribution is 2.37. The Balaban J connectivity index is 3.22. The fourth-order valence-corrected chi connectivity index (χ4v) is 2.48. The van der Waals surface area contributed by atoms with Gasteiger partial charge in [0.05, 0.1) is 0 Å². The average molecular weight is 276 g/mol. The van der Waals surface area contributed by atoms with E-state index < -0.39 is 0 Å². The molecule has 0 radical (unpaired) electrons. The number of hydrogen-bond acceptors (Lipinski definition) is 3. The van der Waals surface area contributed by atoms with Crippen LogP contribution >= 0.6 is 0 Å². The molecule has 0 aromatic heterocycles. The largest absolute Gasteiger partial charge is 0.426 e. The number of ketones is 1. The van der Waals surface area contributed by atoms with Crippen molar-refractivity contribution in [2.45, 2.75) is 53.4 Å². The first kappa shape index (κ1) is 16.4. The van der Waals surface area contributed by atoms with Gasteiger partial charge < -0.3 is 4.74 Å². The number of aryl methyl sites for hydroxylation is 1. The predicted octanol–water partition coefficient (Wildman–Crippen LogP) is 3.81. The maximum Gasteiger partial charge on any atom is 0.308 e.